The van der Waals surface area contributed by atoms with Gasteiger partial charge in [-0.2, -0.15) is 13.2 Å². The fraction of sp³-hybridized carbons (Fsp3) is 1.00. The second kappa shape index (κ2) is 3.46. The second-order valence-electron chi connectivity index (χ2n) is 3.43. The molecular formula is C8H13F3O2. The Kier molecular flexibility index (Phi) is 2.87. The van der Waals surface area contributed by atoms with Crippen LogP contribution in [0.5, 0.6) is 0 Å². The van der Waals surface area contributed by atoms with Crippen LogP contribution in [0.1, 0.15) is 25.7 Å². The number of aliphatic hydroxyl groups is 1. The number of methoxy groups -OCH3 is 1. The van der Waals surface area contributed by atoms with Crippen molar-refractivity contribution in [3.05, 3.63) is 0 Å². The summed E-state index contributed by atoms with van der Waals surface area (Å²) in [4.78, 5) is 0. The number of alkyl halides is 3. The van der Waals surface area contributed by atoms with Gasteiger partial charge in [0.25, 0.3) is 0 Å². The van der Waals surface area contributed by atoms with E-state index in [1.54, 1.807) is 0 Å². The Labute approximate surface area is 74.7 Å². The van der Waals surface area contributed by atoms with Crippen LogP contribution in [0.25, 0.3) is 0 Å². The molecule has 0 aromatic heterocycles. The van der Waals surface area contributed by atoms with Gasteiger partial charge >= 0.3 is 6.18 Å². The summed E-state index contributed by atoms with van der Waals surface area (Å²) in [6.07, 6.45) is -4.91. The average molecular weight is 198 g/mol. The summed E-state index contributed by atoms with van der Waals surface area (Å²) in [6, 6.07) is 0. The molecule has 0 aromatic carbocycles. The topological polar surface area (TPSA) is 29.5 Å². The van der Waals surface area contributed by atoms with Crippen LogP contribution in [0.3, 0.4) is 0 Å². The van der Waals surface area contributed by atoms with Crippen LogP contribution in [0.4, 0.5) is 13.2 Å². The summed E-state index contributed by atoms with van der Waals surface area (Å²) >= 11 is 0. The maximum atomic E-state index is 12.5. The highest BCUT2D eigenvalue weighted by atomic mass is 19.4. The molecule has 1 N–H and O–H groups in total. The number of rotatable bonds is 1. The van der Waals surface area contributed by atoms with E-state index in [9.17, 15) is 13.2 Å². The Bertz CT molecular complexity index is 171. The lowest BCUT2D eigenvalue weighted by Gasteiger charge is -2.38. The summed E-state index contributed by atoms with van der Waals surface area (Å²) in [7, 11) is 1.07. The van der Waals surface area contributed by atoms with Crippen molar-refractivity contribution in [1.29, 1.82) is 0 Å². The van der Waals surface area contributed by atoms with Crippen LogP contribution in [-0.2, 0) is 4.74 Å². The van der Waals surface area contributed by atoms with Gasteiger partial charge in [-0.15, -0.1) is 0 Å². The van der Waals surface area contributed by atoms with E-state index < -0.39 is 17.9 Å². The number of halogens is 3. The minimum absolute atomic E-state index is 0.145. The van der Waals surface area contributed by atoms with E-state index in [2.05, 4.69) is 4.74 Å². The molecule has 1 fully saturated rings. The third-order valence-electron chi connectivity index (χ3n) is 2.67. The van der Waals surface area contributed by atoms with Crippen LogP contribution in [0, 0.1) is 0 Å². The van der Waals surface area contributed by atoms with Gasteiger partial charge in [-0.3, -0.25) is 0 Å². The molecule has 2 nitrogen and oxygen atoms in total. The lowest BCUT2D eigenvalue weighted by atomic mass is 9.82. The molecule has 1 rings (SSSR count). The van der Waals surface area contributed by atoms with Gasteiger partial charge in [0, 0.05) is 7.11 Å². The molecule has 0 bridgehead atoms. The molecule has 0 aromatic rings. The standard InChI is InChI=1S/C8H13F3O2/c1-13-7(8(9,10)11)4-2-6(12)3-5-7/h6,12H,2-5H2,1H3. The zero-order chi connectivity index (χ0) is 10.1. The molecule has 0 saturated heterocycles. The van der Waals surface area contributed by atoms with Gasteiger partial charge in [0.2, 0.25) is 0 Å². The molecule has 0 amide bonds. The molecular weight excluding hydrogens is 185 g/mol. The smallest absolute Gasteiger partial charge is 0.393 e. The molecule has 5 heteroatoms. The summed E-state index contributed by atoms with van der Waals surface area (Å²) in [5.74, 6) is 0. The van der Waals surface area contributed by atoms with E-state index in [1.807, 2.05) is 0 Å². The molecule has 1 aliphatic rings. The zero-order valence-electron chi connectivity index (χ0n) is 7.40. The SMILES string of the molecule is COC1(C(F)(F)F)CCC(O)CC1. The molecule has 78 valence electrons. The first-order chi connectivity index (χ1) is 5.91. The van der Waals surface area contributed by atoms with Crippen molar-refractivity contribution in [3.8, 4) is 0 Å². The van der Waals surface area contributed by atoms with Gasteiger partial charge in [0.15, 0.2) is 5.60 Å². The van der Waals surface area contributed by atoms with Crippen LogP contribution >= 0.6 is 0 Å². The maximum absolute atomic E-state index is 12.5. The van der Waals surface area contributed by atoms with Crippen LogP contribution in [0.15, 0.2) is 0 Å². The maximum Gasteiger partial charge on any atom is 0.417 e. The van der Waals surface area contributed by atoms with Crippen molar-refractivity contribution in [2.24, 2.45) is 0 Å². The average Bonchev–Trinajstić information content (AvgIpc) is 2.04. The highest BCUT2D eigenvalue weighted by Gasteiger charge is 2.56. The Hall–Kier alpha value is -0.290. The quantitative estimate of drug-likeness (QED) is 0.697. The fourth-order valence-corrected chi connectivity index (χ4v) is 1.67. The van der Waals surface area contributed by atoms with Gasteiger partial charge in [0.1, 0.15) is 0 Å². The molecule has 0 atom stereocenters. The first-order valence-electron chi connectivity index (χ1n) is 4.21. The van der Waals surface area contributed by atoms with Gasteiger partial charge < -0.3 is 9.84 Å². The van der Waals surface area contributed by atoms with E-state index in [1.165, 1.54) is 0 Å². The first kappa shape index (κ1) is 10.8. The first-order valence-corrected chi connectivity index (χ1v) is 4.21. The summed E-state index contributed by atoms with van der Waals surface area (Å²) in [5.41, 5.74) is -2.02. The number of hydrogen-bond donors (Lipinski definition) is 1. The summed E-state index contributed by atoms with van der Waals surface area (Å²) in [5, 5.41) is 9.08. The van der Waals surface area contributed by atoms with Crippen molar-refractivity contribution in [1.82, 2.24) is 0 Å². The van der Waals surface area contributed by atoms with Gasteiger partial charge in [-0.05, 0) is 25.7 Å². The third kappa shape index (κ3) is 1.96. The fourth-order valence-electron chi connectivity index (χ4n) is 1.67. The largest absolute Gasteiger partial charge is 0.417 e. The number of hydrogen-bond acceptors (Lipinski definition) is 2. The molecule has 0 spiro atoms. The predicted molar refractivity (Wildman–Crippen MR) is 40.3 cm³/mol. The van der Waals surface area contributed by atoms with E-state index in [0.29, 0.717) is 0 Å². The molecule has 0 heterocycles. The van der Waals surface area contributed by atoms with Crippen LogP contribution < -0.4 is 0 Å². The highest BCUT2D eigenvalue weighted by Crippen LogP contribution is 2.43. The lowest BCUT2D eigenvalue weighted by molar-refractivity contribution is -0.283. The number of ether oxygens (including phenoxy) is 1. The molecule has 0 aliphatic heterocycles. The van der Waals surface area contributed by atoms with E-state index in [0.717, 1.165) is 7.11 Å². The minimum Gasteiger partial charge on any atom is -0.393 e. The van der Waals surface area contributed by atoms with Crippen molar-refractivity contribution >= 4 is 0 Å². The van der Waals surface area contributed by atoms with Crippen molar-refractivity contribution in [3.63, 3.8) is 0 Å². The van der Waals surface area contributed by atoms with E-state index >= 15 is 0 Å². The summed E-state index contributed by atoms with van der Waals surface area (Å²) in [6.45, 7) is 0. The van der Waals surface area contributed by atoms with Gasteiger partial charge in [-0.25, -0.2) is 0 Å². The van der Waals surface area contributed by atoms with E-state index in [-0.39, 0.29) is 25.7 Å². The molecule has 0 unspecified atom stereocenters. The Morgan fingerprint density at radius 1 is 1.31 bits per heavy atom. The van der Waals surface area contributed by atoms with Crippen LogP contribution in [0.2, 0.25) is 0 Å². The second-order valence-corrected chi connectivity index (χ2v) is 3.43. The van der Waals surface area contributed by atoms with Crippen molar-refractivity contribution in [2.45, 2.75) is 43.6 Å². The number of aliphatic hydroxyl groups excluding tert-OH is 1. The van der Waals surface area contributed by atoms with Crippen molar-refractivity contribution < 1.29 is 23.0 Å². The van der Waals surface area contributed by atoms with Crippen LogP contribution in [-0.4, -0.2) is 30.1 Å². The predicted octanol–water partition coefficient (Wildman–Crippen LogP) is 1.87. The monoisotopic (exact) mass is 198 g/mol. The Morgan fingerprint density at radius 3 is 2.08 bits per heavy atom. The lowest BCUT2D eigenvalue weighted by Crippen LogP contribution is -2.50. The Balaban J connectivity index is 2.72. The zero-order valence-corrected chi connectivity index (χ0v) is 7.40. The Morgan fingerprint density at radius 2 is 1.77 bits per heavy atom. The van der Waals surface area contributed by atoms with Gasteiger partial charge in [-0.1, -0.05) is 0 Å². The molecule has 1 saturated carbocycles. The highest BCUT2D eigenvalue weighted by molar-refractivity contribution is 4.93. The third-order valence-corrected chi connectivity index (χ3v) is 2.67. The minimum atomic E-state index is -4.33. The van der Waals surface area contributed by atoms with Gasteiger partial charge in [0.05, 0.1) is 6.10 Å². The van der Waals surface area contributed by atoms with E-state index in [4.69, 9.17) is 5.11 Å². The summed E-state index contributed by atoms with van der Waals surface area (Å²) < 4.78 is 42.1. The molecule has 13 heavy (non-hydrogen) atoms. The molecule has 1 aliphatic carbocycles. The normalized spacial score (nSPS) is 36.2. The van der Waals surface area contributed by atoms with Crippen molar-refractivity contribution in [2.75, 3.05) is 7.11 Å². The molecule has 0 radical (unpaired) electrons.